The first-order valence-corrected chi connectivity index (χ1v) is 11.2. The molecule has 0 atom stereocenters. The van der Waals surface area contributed by atoms with Crippen molar-refractivity contribution in [2.75, 3.05) is 0 Å². The zero-order valence-corrected chi connectivity index (χ0v) is 18.7. The van der Waals surface area contributed by atoms with Gasteiger partial charge in [0.1, 0.15) is 5.60 Å². The summed E-state index contributed by atoms with van der Waals surface area (Å²) in [5.41, 5.74) is -0.417. The molecule has 6 nitrogen and oxygen atoms in total. The van der Waals surface area contributed by atoms with E-state index in [0.29, 0.717) is 11.1 Å². The molecule has 0 aliphatic heterocycles. The third kappa shape index (κ3) is 4.76. The molecule has 3 aromatic rings. The number of hydrogen-bond donors (Lipinski definition) is 0. The summed E-state index contributed by atoms with van der Waals surface area (Å²) < 4.78 is 34.0. The number of rotatable bonds is 4. The quantitative estimate of drug-likeness (QED) is 0.521. The fourth-order valence-corrected chi connectivity index (χ4v) is 4.72. The first-order valence-electron chi connectivity index (χ1n) is 8.92. The van der Waals surface area contributed by atoms with E-state index in [1.807, 2.05) is 12.1 Å². The number of amides is 1. The molecule has 3 rings (SSSR count). The Kier molecular flexibility index (Phi) is 5.95. The van der Waals surface area contributed by atoms with Crippen LogP contribution in [0, 0.1) is 0 Å². The van der Waals surface area contributed by atoms with Crippen molar-refractivity contribution in [3.8, 4) is 0 Å². The van der Waals surface area contributed by atoms with Crippen LogP contribution in [0.2, 0.25) is 0 Å². The summed E-state index contributed by atoms with van der Waals surface area (Å²) in [6.45, 7) is 4.82. The molecule has 0 fully saturated rings. The molecular weight excluding hydrogens is 456 g/mol. The molecule has 0 aliphatic carbocycles. The first-order chi connectivity index (χ1) is 13.6. The molecule has 29 heavy (non-hydrogen) atoms. The maximum atomic E-state index is 13.6. The van der Waals surface area contributed by atoms with E-state index in [4.69, 9.17) is 4.74 Å². The number of ether oxygens (including phenoxy) is 1. The van der Waals surface area contributed by atoms with E-state index in [1.54, 1.807) is 63.4 Å². The molecule has 0 radical (unpaired) electrons. The largest absolute Gasteiger partial charge is 0.443 e. The Morgan fingerprint density at radius 3 is 2.31 bits per heavy atom. The second-order valence-electron chi connectivity index (χ2n) is 7.40. The van der Waals surface area contributed by atoms with Crippen LogP contribution in [0.1, 0.15) is 26.5 Å². The van der Waals surface area contributed by atoms with Gasteiger partial charge in [0.25, 0.3) is 10.0 Å². The summed E-state index contributed by atoms with van der Waals surface area (Å²) in [7, 11) is -4.22. The minimum atomic E-state index is -4.22. The minimum absolute atomic E-state index is 0.0260. The summed E-state index contributed by atoms with van der Waals surface area (Å²) in [6, 6.07) is 15.4. The number of carbonyl (C=O) groups is 1. The molecule has 0 N–H and O–H groups in total. The van der Waals surface area contributed by atoms with Crippen LogP contribution in [0.5, 0.6) is 0 Å². The summed E-state index contributed by atoms with van der Waals surface area (Å²) in [6.07, 6.45) is 0.597. The standard InChI is InChI=1S/C21H21BrN2O4S/c1-21(2,3)28-20(25)24(14-15-8-6-7-13-23-15)29(26,27)19-12-11-18(22)16-9-4-5-10-17(16)19/h4-13H,14H2,1-3H3. The van der Waals surface area contributed by atoms with Gasteiger partial charge in [0, 0.05) is 16.1 Å². The van der Waals surface area contributed by atoms with Gasteiger partial charge < -0.3 is 4.74 Å². The number of pyridine rings is 1. The number of nitrogens with zero attached hydrogens (tertiary/aromatic N) is 2. The van der Waals surface area contributed by atoms with Crippen LogP contribution < -0.4 is 0 Å². The second-order valence-corrected chi connectivity index (χ2v) is 10.1. The summed E-state index contributed by atoms with van der Waals surface area (Å²) in [5, 5.41) is 1.24. The molecule has 2 aromatic carbocycles. The molecule has 0 saturated carbocycles. The third-order valence-corrected chi connectivity index (χ3v) is 6.49. The summed E-state index contributed by atoms with van der Waals surface area (Å²) in [5.74, 6) is 0. The van der Waals surface area contributed by atoms with E-state index in [1.165, 1.54) is 6.07 Å². The van der Waals surface area contributed by atoms with Gasteiger partial charge in [-0.05, 0) is 50.4 Å². The van der Waals surface area contributed by atoms with Crippen molar-refractivity contribution in [2.45, 2.75) is 37.8 Å². The zero-order valence-electron chi connectivity index (χ0n) is 16.3. The monoisotopic (exact) mass is 476 g/mol. The van der Waals surface area contributed by atoms with Gasteiger partial charge in [-0.15, -0.1) is 0 Å². The Labute approximate surface area is 178 Å². The highest BCUT2D eigenvalue weighted by atomic mass is 79.9. The Hall–Kier alpha value is -2.45. The number of halogens is 1. The maximum Gasteiger partial charge on any atom is 0.424 e. The molecule has 1 aromatic heterocycles. The zero-order chi connectivity index (χ0) is 21.2. The fourth-order valence-electron chi connectivity index (χ4n) is 2.78. The smallest absolute Gasteiger partial charge is 0.424 e. The molecule has 0 saturated heterocycles. The minimum Gasteiger partial charge on any atom is -0.443 e. The van der Waals surface area contributed by atoms with Crippen LogP contribution in [0.4, 0.5) is 4.79 Å². The van der Waals surface area contributed by atoms with Crippen LogP contribution in [-0.2, 0) is 21.3 Å². The number of aromatic nitrogens is 1. The van der Waals surface area contributed by atoms with Crippen molar-refractivity contribution in [3.05, 3.63) is 71.0 Å². The molecular formula is C21H21BrN2O4S. The van der Waals surface area contributed by atoms with E-state index in [9.17, 15) is 13.2 Å². The lowest BCUT2D eigenvalue weighted by Gasteiger charge is -2.27. The van der Waals surface area contributed by atoms with Crippen molar-refractivity contribution in [3.63, 3.8) is 0 Å². The van der Waals surface area contributed by atoms with Gasteiger partial charge in [-0.2, -0.15) is 4.31 Å². The van der Waals surface area contributed by atoms with Gasteiger partial charge in [-0.25, -0.2) is 13.2 Å². The van der Waals surface area contributed by atoms with Crippen molar-refractivity contribution < 1.29 is 17.9 Å². The van der Waals surface area contributed by atoms with Crippen LogP contribution in [0.25, 0.3) is 10.8 Å². The molecule has 0 spiro atoms. The van der Waals surface area contributed by atoms with Crippen LogP contribution in [-0.4, -0.2) is 29.4 Å². The topological polar surface area (TPSA) is 76.6 Å². The molecule has 0 aliphatic rings. The number of carbonyl (C=O) groups excluding carboxylic acids is 1. The van der Waals surface area contributed by atoms with E-state index in [-0.39, 0.29) is 11.4 Å². The summed E-state index contributed by atoms with van der Waals surface area (Å²) in [4.78, 5) is 17.1. The van der Waals surface area contributed by atoms with Crippen molar-refractivity contribution >= 4 is 42.8 Å². The lowest BCUT2D eigenvalue weighted by molar-refractivity contribution is 0.0380. The number of hydrogen-bond acceptors (Lipinski definition) is 5. The predicted molar refractivity (Wildman–Crippen MR) is 115 cm³/mol. The SMILES string of the molecule is CC(C)(C)OC(=O)N(Cc1ccccn1)S(=O)(=O)c1ccc(Br)c2ccccc12. The predicted octanol–water partition coefficient (Wildman–Crippen LogP) is 5.12. The molecule has 0 unspecified atom stereocenters. The summed E-state index contributed by atoms with van der Waals surface area (Å²) >= 11 is 3.45. The molecule has 8 heteroatoms. The molecule has 0 bridgehead atoms. The average molecular weight is 477 g/mol. The number of benzene rings is 2. The van der Waals surface area contributed by atoms with Gasteiger partial charge in [-0.3, -0.25) is 4.98 Å². The van der Waals surface area contributed by atoms with Crippen LogP contribution >= 0.6 is 15.9 Å². The van der Waals surface area contributed by atoms with Crippen LogP contribution in [0.3, 0.4) is 0 Å². The van der Waals surface area contributed by atoms with Gasteiger partial charge in [0.15, 0.2) is 0 Å². The van der Waals surface area contributed by atoms with Crippen LogP contribution in [0.15, 0.2) is 70.2 Å². The third-order valence-electron chi connectivity index (χ3n) is 4.03. The van der Waals surface area contributed by atoms with Gasteiger partial charge in [0.05, 0.1) is 17.1 Å². The van der Waals surface area contributed by atoms with E-state index < -0.39 is 21.7 Å². The Bertz CT molecular complexity index is 1140. The normalized spacial score (nSPS) is 12.0. The number of sulfonamides is 1. The Morgan fingerprint density at radius 1 is 1.03 bits per heavy atom. The van der Waals surface area contributed by atoms with Gasteiger partial charge >= 0.3 is 6.09 Å². The fraction of sp³-hybridized carbons (Fsp3) is 0.238. The van der Waals surface area contributed by atoms with E-state index >= 15 is 0 Å². The highest BCUT2D eigenvalue weighted by molar-refractivity contribution is 9.10. The maximum absolute atomic E-state index is 13.6. The van der Waals surface area contributed by atoms with Crippen molar-refractivity contribution in [2.24, 2.45) is 0 Å². The molecule has 152 valence electrons. The highest BCUT2D eigenvalue weighted by Crippen LogP contribution is 2.32. The molecule has 1 amide bonds. The van der Waals surface area contributed by atoms with E-state index in [2.05, 4.69) is 20.9 Å². The van der Waals surface area contributed by atoms with Crippen molar-refractivity contribution in [1.29, 1.82) is 0 Å². The Morgan fingerprint density at radius 2 is 1.69 bits per heavy atom. The second kappa shape index (κ2) is 8.12. The van der Waals surface area contributed by atoms with Crippen molar-refractivity contribution in [1.82, 2.24) is 9.29 Å². The lowest BCUT2D eigenvalue weighted by atomic mass is 10.1. The van der Waals surface area contributed by atoms with Gasteiger partial charge in [-0.1, -0.05) is 46.3 Å². The first kappa shape index (κ1) is 21.3. The molecule has 1 heterocycles. The Balaban J connectivity index is 2.14. The number of fused-ring (bicyclic) bond motifs is 1. The average Bonchev–Trinajstić information content (AvgIpc) is 2.65. The lowest BCUT2D eigenvalue weighted by Crippen LogP contribution is -2.40. The van der Waals surface area contributed by atoms with E-state index in [0.717, 1.165) is 14.2 Å². The highest BCUT2D eigenvalue weighted by Gasteiger charge is 2.34. The van der Waals surface area contributed by atoms with Gasteiger partial charge in [0.2, 0.25) is 0 Å².